The zero-order valence-corrected chi connectivity index (χ0v) is 26.4. The number of esters is 1. The van der Waals surface area contributed by atoms with Gasteiger partial charge < -0.3 is 9.84 Å². The third-order valence-corrected chi connectivity index (χ3v) is 8.49. The molecule has 0 aromatic heterocycles. The molecule has 3 heteroatoms. The fourth-order valence-electron chi connectivity index (χ4n) is 5.83. The Morgan fingerprint density at radius 1 is 0.737 bits per heavy atom. The molecule has 3 nitrogen and oxygen atoms in total. The Bertz CT molecular complexity index is 728. The minimum Gasteiger partial charge on any atom is -0.465 e. The Morgan fingerprint density at radius 2 is 1.18 bits per heavy atom. The SMILES string of the molecule is CCCCCCCCCCCCCC(C(O)C(CCOC(=O)C(C)c1ccccc1)C(C)(C)C)C(C)(C)C. The number of carbonyl (C=O) groups is 1. The standard InChI is InChI=1S/C35H62O3/c1-9-10-11-12-13-14-15-16-17-18-22-25-30(34(3,4)5)32(36)31(35(6,7)8)26-27-38-33(37)28(2)29-23-20-19-21-24-29/h19-21,23-24,28,30-32,36H,9-18,22,25-27H2,1-8H3. The first-order valence-corrected chi connectivity index (χ1v) is 15.8. The van der Waals surface area contributed by atoms with Crippen LogP contribution in [0.2, 0.25) is 0 Å². The van der Waals surface area contributed by atoms with E-state index in [1.807, 2.05) is 37.3 Å². The van der Waals surface area contributed by atoms with Crippen LogP contribution in [0.1, 0.15) is 150 Å². The summed E-state index contributed by atoms with van der Waals surface area (Å²) < 4.78 is 5.72. The van der Waals surface area contributed by atoms with Crippen LogP contribution in [-0.2, 0) is 9.53 Å². The van der Waals surface area contributed by atoms with Gasteiger partial charge in [0.1, 0.15) is 0 Å². The van der Waals surface area contributed by atoms with E-state index in [1.54, 1.807) is 0 Å². The van der Waals surface area contributed by atoms with Gasteiger partial charge in [0.15, 0.2) is 0 Å². The van der Waals surface area contributed by atoms with Gasteiger partial charge in [-0.15, -0.1) is 0 Å². The molecule has 220 valence electrons. The van der Waals surface area contributed by atoms with Crippen molar-refractivity contribution in [1.29, 1.82) is 0 Å². The number of rotatable bonds is 19. The van der Waals surface area contributed by atoms with Crippen LogP contribution in [0.5, 0.6) is 0 Å². The maximum absolute atomic E-state index is 12.7. The van der Waals surface area contributed by atoms with E-state index in [9.17, 15) is 9.90 Å². The summed E-state index contributed by atoms with van der Waals surface area (Å²) >= 11 is 0. The highest BCUT2D eigenvalue weighted by Crippen LogP contribution is 2.42. The van der Waals surface area contributed by atoms with Crippen LogP contribution in [0.4, 0.5) is 0 Å². The van der Waals surface area contributed by atoms with Gasteiger partial charge in [0.25, 0.3) is 0 Å². The fraction of sp³-hybridized carbons (Fsp3) is 0.800. The minimum absolute atomic E-state index is 0.0277. The Kier molecular flexibility index (Phi) is 16.5. The summed E-state index contributed by atoms with van der Waals surface area (Å²) in [6.45, 7) is 17.9. The monoisotopic (exact) mass is 530 g/mol. The molecule has 38 heavy (non-hydrogen) atoms. The molecular formula is C35H62O3. The topological polar surface area (TPSA) is 46.5 Å². The van der Waals surface area contributed by atoms with Crippen molar-refractivity contribution >= 4 is 5.97 Å². The number of unbranched alkanes of at least 4 members (excludes halogenated alkanes) is 10. The number of hydrogen-bond acceptors (Lipinski definition) is 3. The lowest BCUT2D eigenvalue weighted by Crippen LogP contribution is -2.43. The molecule has 0 aliphatic rings. The zero-order valence-electron chi connectivity index (χ0n) is 26.4. The smallest absolute Gasteiger partial charge is 0.313 e. The van der Waals surface area contributed by atoms with Crippen LogP contribution in [0, 0.1) is 22.7 Å². The molecular weight excluding hydrogens is 468 g/mol. The highest BCUT2D eigenvalue weighted by Gasteiger charge is 2.40. The molecule has 0 bridgehead atoms. The maximum atomic E-state index is 12.7. The van der Waals surface area contributed by atoms with Crippen molar-refractivity contribution in [3.63, 3.8) is 0 Å². The summed E-state index contributed by atoms with van der Waals surface area (Å²) in [6, 6.07) is 9.80. The van der Waals surface area contributed by atoms with Crippen molar-refractivity contribution in [3.05, 3.63) is 35.9 Å². The van der Waals surface area contributed by atoms with Gasteiger partial charge in [-0.1, -0.05) is 149 Å². The molecule has 0 amide bonds. The summed E-state index contributed by atoms with van der Waals surface area (Å²) in [6.07, 6.45) is 16.1. The third kappa shape index (κ3) is 13.6. The fourth-order valence-corrected chi connectivity index (χ4v) is 5.83. The van der Waals surface area contributed by atoms with Crippen LogP contribution < -0.4 is 0 Å². The third-order valence-electron chi connectivity index (χ3n) is 8.49. The van der Waals surface area contributed by atoms with Gasteiger partial charge in [-0.05, 0) is 48.0 Å². The summed E-state index contributed by atoms with van der Waals surface area (Å²) in [5.41, 5.74) is 0.932. The number of aliphatic hydroxyl groups is 1. The molecule has 1 N–H and O–H groups in total. The minimum atomic E-state index is -0.414. The van der Waals surface area contributed by atoms with E-state index in [0.717, 1.165) is 12.0 Å². The molecule has 0 heterocycles. The molecule has 0 fully saturated rings. The van der Waals surface area contributed by atoms with Crippen molar-refractivity contribution in [2.24, 2.45) is 22.7 Å². The van der Waals surface area contributed by atoms with E-state index in [0.29, 0.717) is 13.0 Å². The van der Waals surface area contributed by atoms with E-state index in [-0.39, 0.29) is 34.6 Å². The van der Waals surface area contributed by atoms with Crippen LogP contribution >= 0.6 is 0 Å². The van der Waals surface area contributed by atoms with Gasteiger partial charge in [-0.2, -0.15) is 0 Å². The van der Waals surface area contributed by atoms with E-state index in [4.69, 9.17) is 4.74 Å². The molecule has 1 rings (SSSR count). The average Bonchev–Trinajstić information content (AvgIpc) is 2.85. The lowest BCUT2D eigenvalue weighted by atomic mass is 9.65. The zero-order chi connectivity index (χ0) is 28.6. The highest BCUT2D eigenvalue weighted by atomic mass is 16.5. The molecule has 1 aromatic rings. The van der Waals surface area contributed by atoms with Crippen molar-refractivity contribution in [1.82, 2.24) is 0 Å². The number of ether oxygens (including phenoxy) is 1. The van der Waals surface area contributed by atoms with Gasteiger partial charge in [-0.25, -0.2) is 0 Å². The summed E-state index contributed by atoms with van der Waals surface area (Å²) in [5.74, 6) is -0.173. The number of hydrogen-bond donors (Lipinski definition) is 1. The highest BCUT2D eigenvalue weighted by molar-refractivity contribution is 5.77. The van der Waals surface area contributed by atoms with Gasteiger partial charge >= 0.3 is 5.97 Å². The number of aliphatic hydroxyl groups excluding tert-OH is 1. The van der Waals surface area contributed by atoms with Crippen LogP contribution in [0.15, 0.2) is 30.3 Å². The van der Waals surface area contributed by atoms with E-state index >= 15 is 0 Å². The molecule has 0 spiro atoms. The van der Waals surface area contributed by atoms with Gasteiger partial charge in [-0.3, -0.25) is 4.79 Å². The Balaban J connectivity index is 2.56. The first kappa shape index (κ1) is 34.7. The first-order chi connectivity index (χ1) is 17.9. The summed E-state index contributed by atoms with van der Waals surface area (Å²) in [7, 11) is 0. The van der Waals surface area contributed by atoms with Crippen molar-refractivity contribution in [2.45, 2.75) is 151 Å². The predicted molar refractivity (Wildman–Crippen MR) is 163 cm³/mol. The summed E-state index contributed by atoms with van der Waals surface area (Å²) in [4.78, 5) is 12.7. The molecule has 0 saturated heterocycles. The van der Waals surface area contributed by atoms with E-state index < -0.39 is 6.10 Å². The molecule has 0 aliphatic carbocycles. The molecule has 0 aliphatic heterocycles. The van der Waals surface area contributed by atoms with Crippen molar-refractivity contribution < 1.29 is 14.6 Å². The number of carbonyl (C=O) groups excluding carboxylic acids is 1. The van der Waals surface area contributed by atoms with Gasteiger partial charge in [0.05, 0.1) is 18.6 Å². The average molecular weight is 531 g/mol. The molecule has 0 radical (unpaired) electrons. The summed E-state index contributed by atoms with van der Waals surface area (Å²) in [5, 5.41) is 11.7. The predicted octanol–water partition coefficient (Wildman–Crippen LogP) is 10.1. The lowest BCUT2D eigenvalue weighted by Gasteiger charge is -2.43. The van der Waals surface area contributed by atoms with E-state index in [1.165, 1.54) is 70.6 Å². The first-order valence-electron chi connectivity index (χ1n) is 15.8. The second-order valence-electron chi connectivity index (χ2n) is 13.8. The Labute approximate surface area is 236 Å². The second kappa shape index (κ2) is 18.1. The van der Waals surface area contributed by atoms with Crippen LogP contribution in [0.3, 0.4) is 0 Å². The number of benzene rings is 1. The van der Waals surface area contributed by atoms with Crippen molar-refractivity contribution in [2.75, 3.05) is 6.61 Å². The van der Waals surface area contributed by atoms with Crippen molar-refractivity contribution in [3.8, 4) is 0 Å². The molecule has 4 atom stereocenters. The maximum Gasteiger partial charge on any atom is 0.313 e. The Hall–Kier alpha value is -1.35. The van der Waals surface area contributed by atoms with Crippen LogP contribution in [0.25, 0.3) is 0 Å². The van der Waals surface area contributed by atoms with Gasteiger partial charge in [0, 0.05) is 0 Å². The Morgan fingerprint density at radius 3 is 1.66 bits per heavy atom. The normalized spacial score (nSPS) is 15.6. The van der Waals surface area contributed by atoms with E-state index in [2.05, 4.69) is 48.5 Å². The second-order valence-corrected chi connectivity index (χ2v) is 13.8. The molecule has 4 unspecified atom stereocenters. The lowest BCUT2D eigenvalue weighted by molar-refractivity contribution is -0.146. The largest absolute Gasteiger partial charge is 0.465 e. The van der Waals surface area contributed by atoms with Crippen LogP contribution in [-0.4, -0.2) is 23.8 Å². The molecule has 1 aromatic carbocycles. The quantitative estimate of drug-likeness (QED) is 0.143. The van der Waals surface area contributed by atoms with Gasteiger partial charge in [0.2, 0.25) is 0 Å². The molecule has 0 saturated carbocycles.